The van der Waals surface area contributed by atoms with Gasteiger partial charge >= 0.3 is 0 Å². The second-order valence-electron chi connectivity index (χ2n) is 5.75. The average molecular weight is 396 g/mol. The molecule has 2 rings (SSSR count). The van der Waals surface area contributed by atoms with E-state index in [9.17, 15) is 8.42 Å². The molecule has 0 spiro atoms. The molecule has 1 N–H and O–H groups in total. The van der Waals surface area contributed by atoms with Crippen LogP contribution in [0, 0.1) is 11.8 Å². The normalized spacial score (nSPS) is 23.2. The first kappa shape index (κ1) is 17.2. The van der Waals surface area contributed by atoms with E-state index in [0.717, 1.165) is 12.3 Å². The van der Waals surface area contributed by atoms with Crippen molar-refractivity contribution in [3.8, 4) is 0 Å². The molecule has 4 nitrogen and oxygen atoms in total. The highest BCUT2D eigenvalue weighted by atomic mass is 79.9. The third kappa shape index (κ3) is 4.91. The number of halogens is 2. The fraction of sp³-hybridized carbons (Fsp3) is 0.643. The molecular formula is C14H20BrClN2O2S. The first-order valence-electron chi connectivity index (χ1n) is 7.19. The molecule has 1 aromatic rings. The number of pyridine rings is 1. The predicted molar refractivity (Wildman–Crippen MR) is 87.9 cm³/mol. The van der Waals surface area contributed by atoms with Crippen molar-refractivity contribution in [2.45, 2.75) is 43.9 Å². The molecule has 0 amide bonds. The molecule has 0 saturated heterocycles. The number of nitrogens with one attached hydrogen (secondary N) is 1. The van der Waals surface area contributed by atoms with Gasteiger partial charge in [0.25, 0.3) is 0 Å². The molecule has 1 aliphatic carbocycles. The van der Waals surface area contributed by atoms with Crippen molar-refractivity contribution in [3.63, 3.8) is 0 Å². The standard InChI is InChI=1S/C14H20BrClN2O2S/c1-10-2-4-11(5-3-10)6-7-18-21(19,20)13-8-12(15)9-17-14(13)16/h8-11,18H,2-7H2,1H3. The van der Waals surface area contributed by atoms with Crippen LogP contribution < -0.4 is 4.72 Å². The van der Waals surface area contributed by atoms with Crippen LogP contribution in [0.15, 0.2) is 21.6 Å². The number of aromatic nitrogens is 1. The van der Waals surface area contributed by atoms with Gasteiger partial charge in [-0.2, -0.15) is 0 Å². The van der Waals surface area contributed by atoms with E-state index in [1.54, 1.807) is 0 Å². The van der Waals surface area contributed by atoms with Gasteiger partial charge in [-0.05, 0) is 40.3 Å². The minimum absolute atomic E-state index is 0.00260. The van der Waals surface area contributed by atoms with Gasteiger partial charge in [0.15, 0.2) is 0 Å². The smallest absolute Gasteiger partial charge is 0.242 e. The Balaban J connectivity index is 1.91. The Morgan fingerprint density at radius 2 is 2.05 bits per heavy atom. The summed E-state index contributed by atoms with van der Waals surface area (Å²) < 4.78 is 27.7. The zero-order valence-electron chi connectivity index (χ0n) is 12.0. The molecule has 0 aromatic carbocycles. The van der Waals surface area contributed by atoms with Crippen LogP contribution >= 0.6 is 27.5 Å². The fourth-order valence-electron chi connectivity index (χ4n) is 2.69. The molecule has 1 aliphatic rings. The van der Waals surface area contributed by atoms with E-state index < -0.39 is 10.0 Å². The molecule has 1 heterocycles. The molecule has 0 bridgehead atoms. The highest BCUT2D eigenvalue weighted by Gasteiger charge is 2.21. The van der Waals surface area contributed by atoms with Gasteiger partial charge in [0, 0.05) is 17.2 Å². The molecule has 21 heavy (non-hydrogen) atoms. The van der Waals surface area contributed by atoms with Gasteiger partial charge < -0.3 is 0 Å². The minimum Gasteiger partial charge on any atom is -0.242 e. The lowest BCUT2D eigenvalue weighted by Crippen LogP contribution is -2.27. The van der Waals surface area contributed by atoms with Crippen molar-refractivity contribution in [3.05, 3.63) is 21.9 Å². The van der Waals surface area contributed by atoms with Gasteiger partial charge in [-0.25, -0.2) is 18.1 Å². The highest BCUT2D eigenvalue weighted by molar-refractivity contribution is 9.10. The Morgan fingerprint density at radius 3 is 2.71 bits per heavy atom. The number of rotatable bonds is 5. The number of nitrogens with zero attached hydrogens (tertiary/aromatic N) is 1. The maximum absolute atomic E-state index is 12.2. The molecule has 0 unspecified atom stereocenters. The molecule has 0 atom stereocenters. The molecule has 1 fully saturated rings. The van der Waals surface area contributed by atoms with Gasteiger partial charge in [0.05, 0.1) is 0 Å². The van der Waals surface area contributed by atoms with E-state index in [0.29, 0.717) is 16.9 Å². The summed E-state index contributed by atoms with van der Waals surface area (Å²) in [5, 5.41) is -0.00260. The molecule has 1 aromatic heterocycles. The van der Waals surface area contributed by atoms with Crippen LogP contribution in [0.4, 0.5) is 0 Å². The number of sulfonamides is 1. The zero-order valence-corrected chi connectivity index (χ0v) is 15.1. The van der Waals surface area contributed by atoms with E-state index in [1.807, 2.05) is 0 Å². The minimum atomic E-state index is -3.60. The van der Waals surface area contributed by atoms with Crippen molar-refractivity contribution in [1.29, 1.82) is 0 Å². The summed E-state index contributed by atoms with van der Waals surface area (Å²) in [6.07, 6.45) is 7.25. The van der Waals surface area contributed by atoms with Gasteiger partial charge in [-0.15, -0.1) is 0 Å². The summed E-state index contributed by atoms with van der Waals surface area (Å²) in [5.41, 5.74) is 0. The van der Waals surface area contributed by atoms with Crippen LogP contribution in [0.2, 0.25) is 5.15 Å². The van der Waals surface area contributed by atoms with Crippen LogP contribution in [-0.2, 0) is 10.0 Å². The molecular weight excluding hydrogens is 376 g/mol. The Kier molecular flexibility index (Phi) is 6.05. The zero-order chi connectivity index (χ0) is 15.5. The first-order valence-corrected chi connectivity index (χ1v) is 9.84. The highest BCUT2D eigenvalue weighted by Crippen LogP contribution is 2.30. The molecule has 118 valence electrons. The summed E-state index contributed by atoms with van der Waals surface area (Å²) in [4.78, 5) is 3.87. The molecule has 7 heteroatoms. The third-order valence-corrected chi connectivity index (χ3v) is 6.36. The number of hydrogen-bond acceptors (Lipinski definition) is 3. The Morgan fingerprint density at radius 1 is 1.38 bits per heavy atom. The van der Waals surface area contributed by atoms with Crippen LogP contribution in [0.25, 0.3) is 0 Å². The summed E-state index contributed by atoms with van der Waals surface area (Å²) in [5.74, 6) is 1.43. The summed E-state index contributed by atoms with van der Waals surface area (Å²) in [6, 6.07) is 1.47. The summed E-state index contributed by atoms with van der Waals surface area (Å²) in [7, 11) is -3.60. The van der Waals surface area contributed by atoms with Crippen molar-refractivity contribution >= 4 is 37.6 Å². The van der Waals surface area contributed by atoms with E-state index in [4.69, 9.17) is 11.6 Å². The van der Waals surface area contributed by atoms with Crippen LogP contribution in [0.1, 0.15) is 39.0 Å². The molecule has 0 radical (unpaired) electrons. The van der Waals surface area contributed by atoms with E-state index >= 15 is 0 Å². The fourth-order valence-corrected chi connectivity index (χ4v) is 4.67. The van der Waals surface area contributed by atoms with Crippen molar-refractivity contribution in [2.24, 2.45) is 11.8 Å². The van der Waals surface area contributed by atoms with Crippen molar-refractivity contribution in [1.82, 2.24) is 9.71 Å². The second-order valence-corrected chi connectivity index (χ2v) is 8.76. The van der Waals surface area contributed by atoms with E-state index in [2.05, 4.69) is 32.6 Å². The Labute approximate surface area is 139 Å². The quantitative estimate of drug-likeness (QED) is 0.767. The lowest BCUT2D eigenvalue weighted by atomic mass is 9.81. The first-order chi connectivity index (χ1) is 9.88. The largest absolute Gasteiger partial charge is 0.243 e. The third-order valence-electron chi connectivity index (χ3n) is 4.04. The van der Waals surface area contributed by atoms with Gasteiger partial charge in [-0.3, -0.25) is 0 Å². The predicted octanol–water partition coefficient (Wildman–Crippen LogP) is 3.99. The van der Waals surface area contributed by atoms with E-state index in [1.165, 1.54) is 37.9 Å². The van der Waals surface area contributed by atoms with Gasteiger partial charge in [-0.1, -0.05) is 44.2 Å². The summed E-state index contributed by atoms with van der Waals surface area (Å²) >= 11 is 9.09. The van der Waals surface area contributed by atoms with Crippen LogP contribution in [0.5, 0.6) is 0 Å². The summed E-state index contributed by atoms with van der Waals surface area (Å²) in [6.45, 7) is 2.73. The molecule has 1 saturated carbocycles. The number of hydrogen-bond donors (Lipinski definition) is 1. The maximum atomic E-state index is 12.2. The second kappa shape index (κ2) is 7.40. The topological polar surface area (TPSA) is 59.1 Å². The van der Waals surface area contributed by atoms with Gasteiger partial charge in [0.2, 0.25) is 10.0 Å². The maximum Gasteiger partial charge on any atom is 0.243 e. The Hall–Kier alpha value is -0.170. The SMILES string of the molecule is CC1CCC(CCNS(=O)(=O)c2cc(Br)cnc2Cl)CC1. The van der Waals surface area contributed by atoms with E-state index in [-0.39, 0.29) is 10.0 Å². The van der Waals surface area contributed by atoms with Gasteiger partial charge in [0.1, 0.15) is 10.0 Å². The van der Waals surface area contributed by atoms with Crippen LogP contribution in [0.3, 0.4) is 0 Å². The lowest BCUT2D eigenvalue weighted by Gasteiger charge is -2.26. The lowest BCUT2D eigenvalue weighted by molar-refractivity contribution is 0.278. The van der Waals surface area contributed by atoms with Crippen molar-refractivity contribution in [2.75, 3.05) is 6.54 Å². The monoisotopic (exact) mass is 394 g/mol. The van der Waals surface area contributed by atoms with Crippen molar-refractivity contribution < 1.29 is 8.42 Å². The molecule has 0 aliphatic heterocycles. The van der Waals surface area contributed by atoms with Crippen LogP contribution in [-0.4, -0.2) is 19.9 Å². The Bertz CT molecular complexity index is 587. The average Bonchev–Trinajstić information content (AvgIpc) is 2.43.